The summed E-state index contributed by atoms with van der Waals surface area (Å²) in [5, 5.41) is 21.2. The van der Waals surface area contributed by atoms with Crippen molar-refractivity contribution in [1.82, 2.24) is 0 Å². The lowest BCUT2D eigenvalue weighted by atomic mass is 9.44. The van der Waals surface area contributed by atoms with E-state index in [0.717, 1.165) is 0 Å². The standard InChI is InChI=1S/C42H52FNO14/c1-6-7-10-37(49)58-42(26(2)21-31-30-14-13-28-23-29(45)17-18-39(28,3)41(30,43)34(46)24-40(31,42)4)35(47)25-55-38(50)57-32-15-11-27(22-33(32)53-5)12-16-36(48)54-19-8-9-20-56-44(51)52/h11-12,15-18,22-23,26,30-31,34,46H,6-10,13-14,19-21,24-25H2,1-5H3/b16-12+/t26-,30?,31-,34-,39-,40-,41-,42-/m0/s1. The van der Waals surface area contributed by atoms with Crippen LogP contribution < -0.4 is 9.47 Å². The Balaban J connectivity index is 1.30. The van der Waals surface area contributed by atoms with E-state index in [1.54, 1.807) is 26.8 Å². The minimum atomic E-state index is -2.17. The number of halogens is 1. The van der Waals surface area contributed by atoms with Crippen molar-refractivity contribution in [2.45, 2.75) is 103 Å². The van der Waals surface area contributed by atoms with Crippen LogP contribution in [0.1, 0.15) is 91.0 Å². The van der Waals surface area contributed by atoms with E-state index >= 15 is 4.39 Å². The number of rotatable bonds is 17. The van der Waals surface area contributed by atoms with Crippen molar-refractivity contribution in [2.75, 3.05) is 26.9 Å². The van der Waals surface area contributed by atoms with Crippen molar-refractivity contribution < 1.29 is 67.1 Å². The van der Waals surface area contributed by atoms with Crippen LogP contribution in [0.2, 0.25) is 0 Å². The zero-order valence-electron chi connectivity index (χ0n) is 33.5. The van der Waals surface area contributed by atoms with Crippen LogP contribution in [0.15, 0.2) is 48.1 Å². The molecule has 0 radical (unpaired) electrons. The maximum Gasteiger partial charge on any atom is 0.514 e. The maximum atomic E-state index is 17.8. The number of aliphatic hydroxyl groups is 1. The number of benzene rings is 1. The highest BCUT2D eigenvalue weighted by molar-refractivity contribution is 6.01. The fourth-order valence-electron chi connectivity index (χ4n) is 9.90. The largest absolute Gasteiger partial charge is 0.514 e. The Hall–Kier alpha value is -5.12. The number of esters is 2. The van der Waals surface area contributed by atoms with Crippen molar-refractivity contribution in [2.24, 2.45) is 28.6 Å². The monoisotopic (exact) mass is 813 g/mol. The molecule has 0 aliphatic heterocycles. The van der Waals surface area contributed by atoms with Gasteiger partial charge in [0, 0.05) is 35.2 Å². The summed E-state index contributed by atoms with van der Waals surface area (Å²) in [5.74, 6) is -4.12. The molecule has 15 nitrogen and oxygen atoms in total. The Bertz CT molecular complexity index is 1880. The molecule has 58 heavy (non-hydrogen) atoms. The number of aliphatic hydroxyl groups excluding tert-OH is 1. The normalized spacial score (nSPS) is 30.9. The fourth-order valence-corrected chi connectivity index (χ4v) is 9.90. The van der Waals surface area contributed by atoms with Gasteiger partial charge in [0.05, 0.1) is 26.4 Å². The molecule has 1 N–H and O–H groups in total. The molecule has 0 aromatic heterocycles. The first-order valence-electron chi connectivity index (χ1n) is 19.7. The zero-order chi connectivity index (χ0) is 42.5. The third kappa shape index (κ3) is 8.25. The molecule has 3 saturated carbocycles. The highest BCUT2D eigenvalue weighted by Crippen LogP contribution is 2.71. The third-order valence-electron chi connectivity index (χ3n) is 12.7. The molecule has 0 heterocycles. The minimum Gasteiger partial charge on any atom is -0.493 e. The predicted molar refractivity (Wildman–Crippen MR) is 203 cm³/mol. The number of ketones is 2. The third-order valence-corrected chi connectivity index (χ3v) is 12.7. The highest BCUT2D eigenvalue weighted by atomic mass is 19.1. The summed E-state index contributed by atoms with van der Waals surface area (Å²) in [5.41, 5.74) is -5.46. The zero-order valence-corrected chi connectivity index (χ0v) is 33.5. The molecule has 316 valence electrons. The predicted octanol–water partition coefficient (Wildman–Crippen LogP) is 6.41. The van der Waals surface area contributed by atoms with Crippen LogP contribution in [-0.2, 0) is 38.2 Å². The molecule has 16 heteroatoms. The van der Waals surface area contributed by atoms with Crippen molar-refractivity contribution in [3.63, 3.8) is 0 Å². The van der Waals surface area contributed by atoms with E-state index in [4.69, 9.17) is 23.7 Å². The van der Waals surface area contributed by atoms with Gasteiger partial charge in [-0.25, -0.2) is 14.0 Å². The number of ether oxygens (including phenoxy) is 5. The fraction of sp³-hybridized carbons (Fsp3) is 0.595. The molecule has 4 aliphatic carbocycles. The summed E-state index contributed by atoms with van der Waals surface area (Å²) in [6.07, 6.45) is 6.80. The van der Waals surface area contributed by atoms with E-state index < -0.39 is 81.5 Å². The van der Waals surface area contributed by atoms with Gasteiger partial charge in [0.15, 0.2) is 35.2 Å². The van der Waals surface area contributed by atoms with E-state index in [1.807, 2.05) is 6.92 Å². The average Bonchev–Trinajstić information content (AvgIpc) is 3.39. The first-order chi connectivity index (χ1) is 27.5. The van der Waals surface area contributed by atoms with Gasteiger partial charge in [-0.05, 0) is 93.7 Å². The number of unbranched alkanes of at least 4 members (excludes halogenated alkanes) is 2. The molecule has 8 atom stereocenters. The van der Waals surface area contributed by atoms with Crippen molar-refractivity contribution in [3.05, 3.63) is 63.8 Å². The Morgan fingerprint density at radius 3 is 2.52 bits per heavy atom. The van der Waals surface area contributed by atoms with Gasteiger partial charge in [-0.15, -0.1) is 10.1 Å². The molecule has 0 saturated heterocycles. The lowest BCUT2D eigenvalue weighted by Gasteiger charge is -2.62. The van der Waals surface area contributed by atoms with Gasteiger partial charge >= 0.3 is 18.1 Å². The molecular weight excluding hydrogens is 761 g/mol. The lowest BCUT2D eigenvalue weighted by molar-refractivity contribution is -0.757. The average molecular weight is 814 g/mol. The number of methoxy groups -OCH3 is 1. The smallest absolute Gasteiger partial charge is 0.493 e. The van der Waals surface area contributed by atoms with Gasteiger partial charge in [0.25, 0.3) is 5.09 Å². The van der Waals surface area contributed by atoms with Crippen LogP contribution in [0.4, 0.5) is 9.18 Å². The van der Waals surface area contributed by atoms with E-state index in [-0.39, 0.29) is 43.3 Å². The molecule has 0 bridgehead atoms. The van der Waals surface area contributed by atoms with Crippen LogP contribution >= 0.6 is 0 Å². The maximum absolute atomic E-state index is 17.8. The van der Waals surface area contributed by atoms with Crippen molar-refractivity contribution in [3.8, 4) is 11.5 Å². The van der Waals surface area contributed by atoms with Gasteiger partial charge in [-0.3, -0.25) is 14.4 Å². The number of nitrogens with zero attached hydrogens (tertiary/aromatic N) is 1. The number of hydrogen-bond donors (Lipinski definition) is 1. The van der Waals surface area contributed by atoms with Crippen LogP contribution in [0.25, 0.3) is 6.08 Å². The van der Waals surface area contributed by atoms with Crippen LogP contribution in [0.5, 0.6) is 11.5 Å². The number of Topliss-reactive ketones (excluding diaryl/α,β-unsaturated/α-hetero) is 1. The van der Waals surface area contributed by atoms with Gasteiger partial charge in [-0.2, -0.15) is 0 Å². The SMILES string of the molecule is CCCCC(=O)O[C@]1(C(=O)COC(=O)Oc2ccc(/C=C/C(=O)OCCCCO[N+](=O)[O-])cc2OC)[C@@H](C)C[C@H]2C3CCC4=CC(=O)C=C[C@]4(C)[C@@]3(F)[C@@H](O)C[C@@]21C. The Labute approximate surface area is 336 Å². The number of fused-ring (bicyclic) bond motifs is 5. The molecule has 4 aliphatic rings. The summed E-state index contributed by atoms with van der Waals surface area (Å²) in [7, 11) is 1.33. The number of allylic oxidation sites excluding steroid dienone is 4. The molecule has 5 rings (SSSR count). The lowest BCUT2D eigenvalue weighted by Crippen LogP contribution is -2.70. The second-order valence-corrected chi connectivity index (χ2v) is 16.0. The van der Waals surface area contributed by atoms with Crippen LogP contribution in [-0.4, -0.2) is 84.2 Å². The van der Waals surface area contributed by atoms with E-state index in [0.29, 0.717) is 56.1 Å². The minimum absolute atomic E-state index is 0.0295. The van der Waals surface area contributed by atoms with E-state index in [9.17, 15) is 39.2 Å². The second-order valence-electron chi connectivity index (χ2n) is 16.0. The quantitative estimate of drug-likeness (QED) is 0.0343. The van der Waals surface area contributed by atoms with Crippen molar-refractivity contribution in [1.29, 1.82) is 0 Å². The summed E-state index contributed by atoms with van der Waals surface area (Å²) in [6.45, 7) is 6.19. The second kappa shape index (κ2) is 17.8. The van der Waals surface area contributed by atoms with Gasteiger partial charge in [0.2, 0.25) is 5.78 Å². The molecular formula is C42H52FNO14. The first-order valence-corrected chi connectivity index (χ1v) is 19.7. The van der Waals surface area contributed by atoms with E-state index in [1.165, 1.54) is 49.6 Å². The Morgan fingerprint density at radius 1 is 1.07 bits per heavy atom. The summed E-state index contributed by atoms with van der Waals surface area (Å²) >= 11 is 0. The van der Waals surface area contributed by atoms with Gasteiger partial charge in [0.1, 0.15) is 0 Å². The number of alkyl halides is 1. The number of carbonyl (C=O) groups excluding carboxylic acids is 5. The molecule has 1 aromatic carbocycles. The number of hydrogen-bond acceptors (Lipinski definition) is 14. The van der Waals surface area contributed by atoms with Crippen molar-refractivity contribution >= 4 is 35.7 Å². The van der Waals surface area contributed by atoms with Crippen LogP contribution in [0, 0.1) is 38.7 Å². The van der Waals surface area contributed by atoms with Gasteiger partial charge in [-0.1, -0.05) is 44.9 Å². The summed E-state index contributed by atoms with van der Waals surface area (Å²) in [6, 6.07) is 4.38. The topological polar surface area (TPSA) is 204 Å². The Morgan fingerprint density at radius 2 is 1.81 bits per heavy atom. The van der Waals surface area contributed by atoms with E-state index in [2.05, 4.69) is 4.84 Å². The molecule has 1 aromatic rings. The molecule has 3 fully saturated rings. The van der Waals surface area contributed by atoms with Gasteiger partial charge < -0.3 is 33.6 Å². The first kappa shape index (κ1) is 44.0. The molecule has 1 unspecified atom stereocenters. The molecule has 0 spiro atoms. The summed E-state index contributed by atoms with van der Waals surface area (Å²) in [4.78, 5) is 79.8. The summed E-state index contributed by atoms with van der Waals surface area (Å²) < 4.78 is 45.2. The highest BCUT2D eigenvalue weighted by Gasteiger charge is 2.77. The molecule has 0 amide bonds. The Kier molecular flexibility index (Phi) is 13.5. The number of carbonyl (C=O) groups is 5. The van der Waals surface area contributed by atoms with Crippen LogP contribution in [0.3, 0.4) is 0 Å².